The summed E-state index contributed by atoms with van der Waals surface area (Å²) < 4.78 is 31.9. The summed E-state index contributed by atoms with van der Waals surface area (Å²) in [7, 11) is -4.15. The minimum atomic E-state index is -4.15. The molecule has 3 rings (SSSR count). The minimum Gasteiger partial charge on any atom is -0.282 e. The normalized spacial score (nSPS) is 19.6. The predicted molar refractivity (Wildman–Crippen MR) is 73.9 cm³/mol. The zero-order chi connectivity index (χ0) is 13.5. The maximum absolute atomic E-state index is 11.3. The number of hydrogen-bond donors (Lipinski definition) is 3. The lowest BCUT2D eigenvalue weighted by atomic mass is 10.0. The molecule has 19 heavy (non-hydrogen) atoms. The van der Waals surface area contributed by atoms with Crippen LogP contribution < -0.4 is 10.9 Å². The van der Waals surface area contributed by atoms with Crippen LogP contribution in [0.2, 0.25) is 0 Å². The zero-order valence-electron chi connectivity index (χ0n) is 10.0. The number of nitrogens with one attached hydrogen (secondary N) is 2. The molecular weight excluding hydrogens is 286 g/mol. The lowest BCUT2D eigenvalue weighted by Crippen LogP contribution is -2.33. The van der Waals surface area contributed by atoms with Gasteiger partial charge in [-0.3, -0.25) is 15.4 Å². The number of allylic oxidation sites excluding steroid dienone is 2. The van der Waals surface area contributed by atoms with Crippen LogP contribution in [-0.4, -0.2) is 31.0 Å². The molecule has 2 heterocycles. The average Bonchev–Trinajstić information content (AvgIpc) is 2.75. The maximum Gasteiger partial charge on any atom is 0.291 e. The number of hydrazine groups is 1. The quantitative estimate of drug-likeness (QED) is 0.665. The molecule has 2 bridgehead atoms. The summed E-state index contributed by atoms with van der Waals surface area (Å²) in [6, 6.07) is 0. The second kappa shape index (κ2) is 4.80. The largest absolute Gasteiger partial charge is 0.291 e. The van der Waals surface area contributed by atoms with Crippen molar-refractivity contribution in [3.8, 4) is 0 Å². The molecule has 2 aliphatic rings. The zero-order valence-corrected chi connectivity index (χ0v) is 11.6. The molecule has 8 heteroatoms. The first-order valence-corrected chi connectivity index (χ1v) is 8.12. The van der Waals surface area contributed by atoms with Gasteiger partial charge in [-0.05, 0) is 11.6 Å². The van der Waals surface area contributed by atoms with Gasteiger partial charge >= 0.3 is 0 Å². The molecule has 6 nitrogen and oxygen atoms in total. The Hall–Kier alpha value is -1.06. The molecule has 0 saturated heterocycles. The van der Waals surface area contributed by atoms with Crippen molar-refractivity contribution in [2.24, 2.45) is 0 Å². The van der Waals surface area contributed by atoms with Crippen LogP contribution in [0.25, 0.3) is 11.6 Å². The van der Waals surface area contributed by atoms with Crippen molar-refractivity contribution >= 4 is 33.1 Å². The van der Waals surface area contributed by atoms with E-state index in [2.05, 4.69) is 15.8 Å². The van der Waals surface area contributed by atoms with E-state index >= 15 is 0 Å². The third kappa shape index (κ3) is 2.63. The third-order valence-corrected chi connectivity index (χ3v) is 5.02. The number of rotatable bonds is 1. The van der Waals surface area contributed by atoms with Gasteiger partial charge in [-0.25, -0.2) is 4.98 Å². The smallest absolute Gasteiger partial charge is 0.282 e. The Balaban J connectivity index is 2.13. The molecule has 1 aromatic rings. The van der Waals surface area contributed by atoms with Gasteiger partial charge < -0.3 is 0 Å². The van der Waals surface area contributed by atoms with Gasteiger partial charge in [-0.2, -0.15) is 8.42 Å². The number of fused-ring (bicyclic) bond motifs is 1. The minimum absolute atomic E-state index is 0.0358. The van der Waals surface area contributed by atoms with E-state index in [1.165, 1.54) is 17.4 Å². The van der Waals surface area contributed by atoms with Crippen molar-refractivity contribution in [3.05, 3.63) is 26.6 Å². The van der Waals surface area contributed by atoms with E-state index < -0.39 is 10.1 Å². The first-order valence-electron chi connectivity index (χ1n) is 5.87. The highest BCUT2D eigenvalue weighted by molar-refractivity contribution is 7.90. The van der Waals surface area contributed by atoms with E-state index in [9.17, 15) is 13.0 Å². The fraction of sp³-hybridized carbons (Fsp3) is 0.364. The van der Waals surface area contributed by atoms with Crippen LogP contribution in [0, 0.1) is 0 Å². The standard InChI is InChI=1S/C11H13N3O3S2/c15-19(16,17)8-5-7-1-3-12-13-4-2-10-14-11(7)9(6-8)18-10/h1,6,12-13H,2-5H2,(H,15,16,17). The predicted octanol–water partition coefficient (Wildman–Crippen LogP) is 0.809. The molecule has 0 aromatic carbocycles. The fourth-order valence-electron chi connectivity index (χ4n) is 2.12. The van der Waals surface area contributed by atoms with Gasteiger partial charge in [0.25, 0.3) is 10.1 Å². The molecular formula is C11H13N3O3S2. The van der Waals surface area contributed by atoms with Crippen molar-refractivity contribution < 1.29 is 13.0 Å². The van der Waals surface area contributed by atoms with E-state index in [4.69, 9.17) is 0 Å². The summed E-state index contributed by atoms with van der Waals surface area (Å²) >= 11 is 1.47. The van der Waals surface area contributed by atoms with E-state index in [1.807, 2.05) is 6.08 Å². The molecule has 0 fully saturated rings. The van der Waals surface area contributed by atoms with Gasteiger partial charge in [0.05, 0.1) is 20.5 Å². The lowest BCUT2D eigenvalue weighted by molar-refractivity contribution is 0.490. The van der Waals surface area contributed by atoms with E-state index in [0.717, 1.165) is 34.1 Å². The Kier molecular flexibility index (Phi) is 3.27. The summed E-state index contributed by atoms with van der Waals surface area (Å²) in [6.45, 7) is 1.35. The number of hydrogen-bond acceptors (Lipinski definition) is 6. The van der Waals surface area contributed by atoms with Crippen LogP contribution in [-0.2, 0) is 16.5 Å². The van der Waals surface area contributed by atoms with Gasteiger partial charge in [-0.15, -0.1) is 11.3 Å². The molecule has 0 amide bonds. The highest BCUT2D eigenvalue weighted by atomic mass is 32.2. The Morgan fingerprint density at radius 3 is 3.00 bits per heavy atom. The molecule has 0 atom stereocenters. The van der Waals surface area contributed by atoms with E-state index in [-0.39, 0.29) is 11.3 Å². The number of thiazole rings is 1. The second-order valence-corrected chi connectivity index (χ2v) is 6.96. The van der Waals surface area contributed by atoms with Gasteiger partial charge in [-0.1, -0.05) is 6.08 Å². The van der Waals surface area contributed by atoms with Gasteiger partial charge in [0.1, 0.15) is 0 Å². The third-order valence-electron chi connectivity index (χ3n) is 3.03. The van der Waals surface area contributed by atoms with Crippen LogP contribution >= 0.6 is 11.3 Å². The Bertz CT molecular complexity index is 673. The van der Waals surface area contributed by atoms with Gasteiger partial charge in [0.2, 0.25) is 0 Å². The molecule has 0 spiro atoms. The van der Waals surface area contributed by atoms with Crippen molar-refractivity contribution in [1.82, 2.24) is 15.8 Å². The Morgan fingerprint density at radius 2 is 2.21 bits per heavy atom. The van der Waals surface area contributed by atoms with Crippen molar-refractivity contribution in [1.29, 1.82) is 0 Å². The lowest BCUT2D eigenvalue weighted by Gasteiger charge is -2.14. The Morgan fingerprint density at radius 1 is 1.37 bits per heavy atom. The van der Waals surface area contributed by atoms with E-state index in [0.29, 0.717) is 6.54 Å². The summed E-state index contributed by atoms with van der Waals surface area (Å²) in [5.74, 6) is 0. The highest BCUT2D eigenvalue weighted by Crippen LogP contribution is 2.37. The van der Waals surface area contributed by atoms with Crippen molar-refractivity contribution in [3.63, 3.8) is 0 Å². The summed E-state index contributed by atoms with van der Waals surface area (Å²) in [5.41, 5.74) is 7.78. The van der Waals surface area contributed by atoms with Crippen LogP contribution in [0.1, 0.15) is 22.0 Å². The topological polar surface area (TPSA) is 91.3 Å². The second-order valence-electron chi connectivity index (χ2n) is 4.37. The average molecular weight is 299 g/mol. The molecule has 102 valence electrons. The SMILES string of the molecule is O=S(=O)(O)C1=Cc2sc3nc2C(=CCNNCC3)C1. The van der Waals surface area contributed by atoms with Gasteiger partial charge in [0, 0.05) is 25.9 Å². The fourth-order valence-corrected chi connectivity index (χ4v) is 3.87. The number of nitrogens with zero attached hydrogens (tertiary/aromatic N) is 1. The summed E-state index contributed by atoms with van der Waals surface area (Å²) in [6.07, 6.45) is 4.41. The highest BCUT2D eigenvalue weighted by Gasteiger charge is 2.26. The van der Waals surface area contributed by atoms with Crippen molar-refractivity contribution in [2.75, 3.05) is 13.1 Å². The van der Waals surface area contributed by atoms with Crippen LogP contribution in [0.3, 0.4) is 0 Å². The number of aromatic nitrogens is 1. The molecule has 1 aromatic heterocycles. The summed E-state index contributed by atoms with van der Waals surface area (Å²) in [4.78, 5) is 5.40. The monoisotopic (exact) mass is 299 g/mol. The Labute approximate surface area is 115 Å². The molecule has 0 saturated carbocycles. The van der Waals surface area contributed by atoms with Crippen molar-refractivity contribution in [2.45, 2.75) is 12.8 Å². The first kappa shape index (κ1) is 12.9. The maximum atomic E-state index is 11.3. The molecule has 3 N–H and O–H groups in total. The molecule has 1 aliphatic carbocycles. The van der Waals surface area contributed by atoms with Crippen LogP contribution in [0.4, 0.5) is 0 Å². The summed E-state index contributed by atoms with van der Waals surface area (Å²) in [5, 5.41) is 0.958. The van der Waals surface area contributed by atoms with E-state index in [1.54, 1.807) is 0 Å². The van der Waals surface area contributed by atoms with Gasteiger partial charge in [0.15, 0.2) is 0 Å². The first-order chi connectivity index (χ1) is 9.04. The van der Waals surface area contributed by atoms with Crippen LogP contribution in [0.15, 0.2) is 11.0 Å². The van der Waals surface area contributed by atoms with Crippen LogP contribution in [0.5, 0.6) is 0 Å². The molecule has 0 radical (unpaired) electrons. The molecule has 0 unspecified atom stereocenters. The molecule has 1 aliphatic heterocycles.